The van der Waals surface area contributed by atoms with E-state index < -0.39 is 0 Å². The summed E-state index contributed by atoms with van der Waals surface area (Å²) in [4.78, 5) is 11.6. The van der Waals surface area contributed by atoms with Crippen molar-refractivity contribution in [2.45, 2.75) is 19.8 Å². The Morgan fingerprint density at radius 2 is 2.14 bits per heavy atom. The number of carbonyl (C=O) groups is 1. The summed E-state index contributed by atoms with van der Waals surface area (Å²) in [5.74, 6) is 0.363. The lowest BCUT2D eigenvalue weighted by atomic mass is 9.90. The molecule has 0 aromatic heterocycles. The van der Waals surface area contributed by atoms with Gasteiger partial charge in [0.25, 0.3) is 0 Å². The van der Waals surface area contributed by atoms with E-state index in [2.05, 4.69) is 5.32 Å². The molecular weight excluding hydrogens is 178 g/mol. The number of phenolic OH excluding ortho intramolecular Hbond substituents is 1. The van der Waals surface area contributed by atoms with Gasteiger partial charge in [0, 0.05) is 5.69 Å². The molecule has 0 radical (unpaired) electrons. The fourth-order valence-electron chi connectivity index (χ4n) is 1.93. The van der Waals surface area contributed by atoms with Gasteiger partial charge in [-0.2, -0.15) is 0 Å². The Kier molecular flexibility index (Phi) is 1.95. The van der Waals surface area contributed by atoms with Crippen molar-refractivity contribution >= 4 is 11.6 Å². The van der Waals surface area contributed by atoms with Crippen molar-refractivity contribution in [2.75, 3.05) is 5.32 Å². The highest BCUT2D eigenvalue weighted by molar-refractivity contribution is 6.03. The maximum Gasteiger partial charge on any atom is 0.232 e. The van der Waals surface area contributed by atoms with E-state index in [0.29, 0.717) is 0 Å². The molecule has 1 amide bonds. The fraction of sp³-hybridized carbons (Fsp3) is 0.364. The van der Waals surface area contributed by atoms with Crippen LogP contribution < -0.4 is 5.32 Å². The molecule has 1 aromatic rings. The quantitative estimate of drug-likeness (QED) is 0.668. The third kappa shape index (κ3) is 1.25. The van der Waals surface area contributed by atoms with Crippen LogP contribution in [0.5, 0.6) is 5.75 Å². The third-order valence-corrected chi connectivity index (χ3v) is 2.58. The molecule has 0 aliphatic carbocycles. The second-order valence-corrected chi connectivity index (χ2v) is 3.98. The van der Waals surface area contributed by atoms with Gasteiger partial charge >= 0.3 is 0 Å². The summed E-state index contributed by atoms with van der Waals surface area (Å²) < 4.78 is 0. The highest BCUT2D eigenvalue weighted by Gasteiger charge is 2.32. The standard InChI is InChI=1S/C11H13NO2/c1-6(2)10-8-5-7(13)3-4-9(8)12-11(10)14/h3-6,10,13H,1-2H3,(H,12,14). The van der Waals surface area contributed by atoms with Crippen LogP contribution in [0.25, 0.3) is 0 Å². The molecule has 1 atom stereocenters. The number of hydrogen-bond acceptors (Lipinski definition) is 2. The summed E-state index contributed by atoms with van der Waals surface area (Å²) in [6, 6.07) is 4.99. The second kappa shape index (κ2) is 3.01. The van der Waals surface area contributed by atoms with Gasteiger partial charge in [-0.1, -0.05) is 13.8 Å². The Morgan fingerprint density at radius 1 is 1.43 bits per heavy atom. The molecular formula is C11H13NO2. The van der Waals surface area contributed by atoms with Crippen LogP contribution in [0.1, 0.15) is 25.3 Å². The monoisotopic (exact) mass is 191 g/mol. The number of hydrogen-bond donors (Lipinski definition) is 2. The molecule has 74 valence electrons. The molecule has 1 aliphatic rings. The van der Waals surface area contributed by atoms with Gasteiger partial charge in [-0.05, 0) is 29.7 Å². The maximum atomic E-state index is 11.6. The van der Waals surface area contributed by atoms with Gasteiger partial charge in [-0.3, -0.25) is 4.79 Å². The first kappa shape index (κ1) is 9.06. The maximum absolute atomic E-state index is 11.6. The summed E-state index contributed by atoms with van der Waals surface area (Å²) in [6.07, 6.45) is 0. The van der Waals surface area contributed by atoms with Crippen LogP contribution in [0.4, 0.5) is 5.69 Å². The van der Waals surface area contributed by atoms with E-state index in [4.69, 9.17) is 0 Å². The predicted molar refractivity (Wildman–Crippen MR) is 54.3 cm³/mol. The number of amides is 1. The fourth-order valence-corrected chi connectivity index (χ4v) is 1.93. The molecule has 1 unspecified atom stereocenters. The first-order valence-corrected chi connectivity index (χ1v) is 4.73. The zero-order valence-corrected chi connectivity index (χ0v) is 8.24. The van der Waals surface area contributed by atoms with Crippen molar-refractivity contribution in [1.29, 1.82) is 0 Å². The van der Waals surface area contributed by atoms with Crippen LogP contribution in [0, 0.1) is 5.92 Å². The number of aromatic hydroxyl groups is 1. The molecule has 3 nitrogen and oxygen atoms in total. The van der Waals surface area contributed by atoms with E-state index in [0.717, 1.165) is 11.3 Å². The van der Waals surface area contributed by atoms with Crippen LogP contribution in [-0.2, 0) is 4.79 Å². The number of benzene rings is 1. The zero-order chi connectivity index (χ0) is 10.3. The largest absolute Gasteiger partial charge is 0.508 e. The molecule has 2 rings (SSSR count). The normalized spacial score (nSPS) is 19.6. The Hall–Kier alpha value is -1.51. The Balaban J connectivity index is 2.50. The molecule has 2 N–H and O–H groups in total. The lowest BCUT2D eigenvalue weighted by molar-refractivity contribution is -0.117. The summed E-state index contributed by atoms with van der Waals surface area (Å²) in [5.41, 5.74) is 1.73. The summed E-state index contributed by atoms with van der Waals surface area (Å²) in [6.45, 7) is 4.01. The third-order valence-electron chi connectivity index (χ3n) is 2.58. The molecule has 3 heteroatoms. The van der Waals surface area contributed by atoms with Crippen LogP contribution in [0.15, 0.2) is 18.2 Å². The van der Waals surface area contributed by atoms with E-state index >= 15 is 0 Å². The summed E-state index contributed by atoms with van der Waals surface area (Å²) >= 11 is 0. The van der Waals surface area contributed by atoms with Crippen LogP contribution in [0.2, 0.25) is 0 Å². The molecule has 1 aromatic carbocycles. The van der Waals surface area contributed by atoms with Crippen molar-refractivity contribution in [3.63, 3.8) is 0 Å². The first-order valence-electron chi connectivity index (χ1n) is 4.73. The van der Waals surface area contributed by atoms with Crippen LogP contribution >= 0.6 is 0 Å². The molecule has 0 saturated heterocycles. The van der Waals surface area contributed by atoms with Gasteiger partial charge in [-0.15, -0.1) is 0 Å². The number of rotatable bonds is 1. The van der Waals surface area contributed by atoms with E-state index in [1.807, 2.05) is 13.8 Å². The molecule has 0 spiro atoms. The number of fused-ring (bicyclic) bond motifs is 1. The van der Waals surface area contributed by atoms with Crippen molar-refractivity contribution in [2.24, 2.45) is 5.92 Å². The molecule has 0 bridgehead atoms. The van der Waals surface area contributed by atoms with E-state index in [-0.39, 0.29) is 23.5 Å². The minimum Gasteiger partial charge on any atom is -0.508 e. The zero-order valence-electron chi connectivity index (χ0n) is 8.24. The molecule has 1 aliphatic heterocycles. The smallest absolute Gasteiger partial charge is 0.232 e. The molecule has 0 saturated carbocycles. The molecule has 0 fully saturated rings. The van der Waals surface area contributed by atoms with E-state index in [1.54, 1.807) is 18.2 Å². The SMILES string of the molecule is CC(C)C1C(=O)Nc2ccc(O)cc21. The Labute approximate surface area is 82.8 Å². The number of phenols is 1. The Morgan fingerprint density at radius 3 is 2.79 bits per heavy atom. The summed E-state index contributed by atoms with van der Waals surface area (Å²) in [7, 11) is 0. The van der Waals surface area contributed by atoms with Crippen molar-refractivity contribution in [3.05, 3.63) is 23.8 Å². The van der Waals surface area contributed by atoms with Gasteiger partial charge < -0.3 is 10.4 Å². The van der Waals surface area contributed by atoms with Gasteiger partial charge in [0.2, 0.25) is 5.91 Å². The minimum atomic E-state index is -0.128. The van der Waals surface area contributed by atoms with E-state index in [9.17, 15) is 9.90 Å². The number of carbonyl (C=O) groups excluding carboxylic acids is 1. The van der Waals surface area contributed by atoms with Gasteiger partial charge in [0.05, 0.1) is 5.92 Å². The highest BCUT2D eigenvalue weighted by Crippen LogP contribution is 2.38. The Bertz CT molecular complexity index is 385. The first-order chi connectivity index (χ1) is 6.59. The summed E-state index contributed by atoms with van der Waals surface area (Å²) in [5, 5.41) is 12.1. The lowest BCUT2D eigenvalue weighted by Crippen LogP contribution is -2.16. The van der Waals surface area contributed by atoms with Crippen LogP contribution in [0.3, 0.4) is 0 Å². The molecule has 14 heavy (non-hydrogen) atoms. The van der Waals surface area contributed by atoms with Crippen molar-refractivity contribution in [1.82, 2.24) is 0 Å². The van der Waals surface area contributed by atoms with Gasteiger partial charge in [-0.25, -0.2) is 0 Å². The number of nitrogens with one attached hydrogen (secondary N) is 1. The van der Waals surface area contributed by atoms with Gasteiger partial charge in [0.1, 0.15) is 5.75 Å². The van der Waals surface area contributed by atoms with Crippen molar-refractivity contribution in [3.8, 4) is 5.75 Å². The van der Waals surface area contributed by atoms with Crippen molar-refractivity contribution < 1.29 is 9.90 Å². The highest BCUT2D eigenvalue weighted by atomic mass is 16.3. The average Bonchev–Trinajstić information content (AvgIpc) is 2.40. The number of anilines is 1. The minimum absolute atomic E-state index is 0.0283. The lowest BCUT2D eigenvalue weighted by Gasteiger charge is -2.12. The predicted octanol–water partition coefficient (Wildman–Crippen LogP) is 2.08. The van der Waals surface area contributed by atoms with E-state index in [1.165, 1.54) is 0 Å². The topological polar surface area (TPSA) is 49.3 Å². The van der Waals surface area contributed by atoms with Crippen LogP contribution in [-0.4, -0.2) is 11.0 Å². The molecule has 1 heterocycles. The van der Waals surface area contributed by atoms with Gasteiger partial charge in [0.15, 0.2) is 0 Å². The average molecular weight is 191 g/mol. The second-order valence-electron chi connectivity index (χ2n) is 3.98.